The van der Waals surface area contributed by atoms with Gasteiger partial charge in [0, 0.05) is 6.54 Å². The van der Waals surface area contributed by atoms with E-state index in [1.165, 1.54) is 12.0 Å². The maximum Gasteiger partial charge on any atom is 0.307 e. The fraction of sp³-hybridized carbons (Fsp3) is 0.529. The summed E-state index contributed by atoms with van der Waals surface area (Å²) in [7, 11) is 1.31. The molecule has 0 aliphatic rings. The second-order valence-electron chi connectivity index (χ2n) is 5.07. The molecule has 0 aliphatic heterocycles. The second kappa shape index (κ2) is 10.6. The van der Waals surface area contributed by atoms with Crippen molar-refractivity contribution in [3.63, 3.8) is 0 Å². The molecule has 6 heteroatoms. The van der Waals surface area contributed by atoms with Gasteiger partial charge in [0.1, 0.15) is 5.75 Å². The van der Waals surface area contributed by atoms with Gasteiger partial charge in [-0.05, 0) is 18.6 Å². The number of benzene rings is 1. The van der Waals surface area contributed by atoms with Crippen molar-refractivity contribution in [2.45, 2.75) is 32.2 Å². The lowest BCUT2D eigenvalue weighted by Crippen LogP contribution is -2.43. The van der Waals surface area contributed by atoms with Crippen molar-refractivity contribution in [3.8, 4) is 5.75 Å². The molecule has 1 unspecified atom stereocenters. The van der Waals surface area contributed by atoms with E-state index in [9.17, 15) is 14.7 Å². The van der Waals surface area contributed by atoms with Gasteiger partial charge in [0.25, 0.3) is 0 Å². The predicted molar refractivity (Wildman–Crippen MR) is 86.1 cm³/mol. The molecule has 0 spiro atoms. The number of rotatable bonds is 10. The molecule has 23 heavy (non-hydrogen) atoms. The van der Waals surface area contributed by atoms with Crippen LogP contribution in [0.2, 0.25) is 0 Å². The summed E-state index contributed by atoms with van der Waals surface area (Å²) < 4.78 is 10.1. The highest BCUT2D eigenvalue weighted by atomic mass is 16.5. The molecule has 128 valence electrons. The van der Waals surface area contributed by atoms with E-state index in [-0.39, 0.29) is 50.5 Å². The van der Waals surface area contributed by atoms with Crippen LogP contribution in [-0.4, -0.2) is 54.8 Å². The summed E-state index contributed by atoms with van der Waals surface area (Å²) in [5.41, 5.74) is 0. The third-order valence-corrected chi connectivity index (χ3v) is 3.56. The van der Waals surface area contributed by atoms with Crippen molar-refractivity contribution in [1.82, 2.24) is 4.90 Å². The molecule has 6 nitrogen and oxygen atoms in total. The van der Waals surface area contributed by atoms with Gasteiger partial charge in [0.2, 0.25) is 5.91 Å². The molecule has 1 rings (SSSR count). The van der Waals surface area contributed by atoms with Crippen LogP contribution in [0.1, 0.15) is 26.2 Å². The molecule has 1 atom stereocenters. The molecule has 0 heterocycles. The normalized spacial score (nSPS) is 11.6. The third kappa shape index (κ3) is 6.69. The predicted octanol–water partition coefficient (Wildman–Crippen LogP) is 1.62. The molecule has 0 aliphatic carbocycles. The molecule has 0 aromatic heterocycles. The summed E-state index contributed by atoms with van der Waals surface area (Å²) in [5, 5.41) is 9.43. The number of nitrogens with zero attached hydrogens (tertiary/aromatic N) is 1. The Balaban J connectivity index is 2.54. The first-order chi connectivity index (χ1) is 11.1. The van der Waals surface area contributed by atoms with Crippen LogP contribution in [0.3, 0.4) is 0 Å². The standard InChI is InChI=1S/C17H25NO5/c1-3-14(13-19)18(11-9-17(21)22-2)16(20)10-12-23-15-7-5-4-6-8-15/h4-8,14,19H,3,9-13H2,1-2H3. The topological polar surface area (TPSA) is 76.1 Å². The van der Waals surface area contributed by atoms with E-state index in [2.05, 4.69) is 4.74 Å². The van der Waals surface area contributed by atoms with E-state index in [1.54, 1.807) is 0 Å². The highest BCUT2D eigenvalue weighted by Gasteiger charge is 2.22. The minimum absolute atomic E-state index is 0.109. The van der Waals surface area contributed by atoms with Crippen LogP contribution in [0.25, 0.3) is 0 Å². The number of ether oxygens (including phenoxy) is 2. The van der Waals surface area contributed by atoms with Crippen LogP contribution >= 0.6 is 0 Å². The van der Waals surface area contributed by atoms with Crippen molar-refractivity contribution in [1.29, 1.82) is 0 Å². The van der Waals surface area contributed by atoms with Gasteiger partial charge in [-0.3, -0.25) is 9.59 Å². The van der Waals surface area contributed by atoms with Crippen LogP contribution in [0, 0.1) is 0 Å². The minimum atomic E-state index is -0.379. The Kier molecular flexibility index (Phi) is 8.75. The average Bonchev–Trinajstić information content (AvgIpc) is 2.59. The summed E-state index contributed by atoms with van der Waals surface area (Å²) >= 11 is 0. The minimum Gasteiger partial charge on any atom is -0.493 e. The van der Waals surface area contributed by atoms with E-state index >= 15 is 0 Å². The second-order valence-corrected chi connectivity index (χ2v) is 5.07. The maximum absolute atomic E-state index is 12.4. The molecule has 0 saturated heterocycles. The number of methoxy groups -OCH3 is 1. The summed E-state index contributed by atoms with van der Waals surface area (Å²) in [6, 6.07) is 8.95. The van der Waals surface area contributed by atoms with Gasteiger partial charge in [0.05, 0.1) is 39.2 Å². The molecule has 0 fully saturated rings. The Morgan fingerprint density at radius 1 is 1.22 bits per heavy atom. The van der Waals surface area contributed by atoms with Gasteiger partial charge in [-0.1, -0.05) is 25.1 Å². The zero-order valence-electron chi connectivity index (χ0n) is 13.7. The van der Waals surface area contributed by atoms with Gasteiger partial charge in [-0.15, -0.1) is 0 Å². The summed E-state index contributed by atoms with van der Waals surface area (Å²) in [6.07, 6.45) is 0.911. The van der Waals surface area contributed by atoms with Crippen molar-refractivity contribution in [2.24, 2.45) is 0 Å². The van der Waals surface area contributed by atoms with Crippen molar-refractivity contribution >= 4 is 11.9 Å². The molecule has 0 radical (unpaired) electrons. The van der Waals surface area contributed by atoms with E-state index in [1.807, 2.05) is 37.3 Å². The van der Waals surface area contributed by atoms with E-state index in [0.29, 0.717) is 12.2 Å². The molecule has 1 amide bonds. The summed E-state index contributed by atoms with van der Waals surface area (Å²) in [6.45, 7) is 2.23. The first-order valence-electron chi connectivity index (χ1n) is 7.77. The number of hydrogen-bond donors (Lipinski definition) is 1. The number of esters is 1. The number of carbonyl (C=O) groups excluding carboxylic acids is 2. The quantitative estimate of drug-likeness (QED) is 0.662. The number of hydrogen-bond acceptors (Lipinski definition) is 5. The van der Waals surface area contributed by atoms with Crippen LogP contribution < -0.4 is 4.74 Å². The first-order valence-corrected chi connectivity index (χ1v) is 7.77. The summed E-state index contributed by atoms with van der Waals surface area (Å²) in [5.74, 6) is 0.178. The lowest BCUT2D eigenvalue weighted by Gasteiger charge is -2.29. The molecule has 1 aromatic rings. The molecular formula is C17H25NO5. The highest BCUT2D eigenvalue weighted by molar-refractivity contribution is 5.77. The highest BCUT2D eigenvalue weighted by Crippen LogP contribution is 2.11. The van der Waals surface area contributed by atoms with Gasteiger partial charge in [0.15, 0.2) is 0 Å². The lowest BCUT2D eigenvalue weighted by molar-refractivity contribution is -0.142. The molecule has 0 bridgehead atoms. The number of aliphatic hydroxyl groups excluding tert-OH is 1. The van der Waals surface area contributed by atoms with Gasteiger partial charge >= 0.3 is 5.97 Å². The maximum atomic E-state index is 12.4. The number of aliphatic hydroxyl groups is 1. The Morgan fingerprint density at radius 2 is 1.91 bits per heavy atom. The van der Waals surface area contributed by atoms with Crippen molar-refractivity contribution < 1.29 is 24.2 Å². The van der Waals surface area contributed by atoms with E-state index < -0.39 is 0 Å². The monoisotopic (exact) mass is 323 g/mol. The van der Waals surface area contributed by atoms with Crippen LogP contribution in [0.15, 0.2) is 30.3 Å². The smallest absolute Gasteiger partial charge is 0.307 e. The van der Waals surface area contributed by atoms with E-state index in [4.69, 9.17) is 4.74 Å². The number of amides is 1. The summed E-state index contributed by atoms with van der Waals surface area (Å²) in [4.78, 5) is 25.2. The van der Waals surface area contributed by atoms with Crippen LogP contribution in [0.4, 0.5) is 0 Å². The molecular weight excluding hydrogens is 298 g/mol. The zero-order chi connectivity index (χ0) is 17.1. The van der Waals surface area contributed by atoms with Crippen LogP contribution in [0.5, 0.6) is 5.75 Å². The third-order valence-electron chi connectivity index (χ3n) is 3.56. The Hall–Kier alpha value is -2.08. The molecule has 1 N–H and O–H groups in total. The first kappa shape index (κ1) is 19.0. The Morgan fingerprint density at radius 3 is 2.48 bits per heavy atom. The van der Waals surface area contributed by atoms with Gasteiger partial charge < -0.3 is 19.5 Å². The number of para-hydroxylation sites is 1. The molecule has 0 saturated carbocycles. The van der Waals surface area contributed by atoms with Crippen LogP contribution in [-0.2, 0) is 14.3 Å². The fourth-order valence-corrected chi connectivity index (χ4v) is 2.19. The SMILES string of the molecule is CCC(CO)N(CCC(=O)OC)C(=O)CCOc1ccccc1. The Labute approximate surface area is 137 Å². The van der Waals surface area contributed by atoms with Gasteiger partial charge in [-0.25, -0.2) is 0 Å². The number of carbonyl (C=O) groups is 2. The van der Waals surface area contributed by atoms with Gasteiger partial charge in [-0.2, -0.15) is 0 Å². The van der Waals surface area contributed by atoms with E-state index in [0.717, 1.165) is 0 Å². The molecule has 1 aromatic carbocycles. The Bertz CT molecular complexity index is 473. The lowest BCUT2D eigenvalue weighted by atomic mass is 10.1. The fourth-order valence-electron chi connectivity index (χ4n) is 2.19. The zero-order valence-corrected chi connectivity index (χ0v) is 13.7. The van der Waals surface area contributed by atoms with Crippen molar-refractivity contribution in [3.05, 3.63) is 30.3 Å². The average molecular weight is 323 g/mol. The van der Waals surface area contributed by atoms with Crippen molar-refractivity contribution in [2.75, 3.05) is 26.9 Å². The largest absolute Gasteiger partial charge is 0.493 e.